The van der Waals surface area contributed by atoms with Crippen molar-refractivity contribution >= 4 is 5.82 Å². The molecule has 20 heavy (non-hydrogen) atoms. The normalized spacial score (nSPS) is 16.3. The van der Waals surface area contributed by atoms with Gasteiger partial charge in [0, 0.05) is 17.7 Å². The van der Waals surface area contributed by atoms with Crippen LogP contribution in [0.5, 0.6) is 0 Å². The van der Waals surface area contributed by atoms with Crippen LogP contribution in [-0.4, -0.2) is 29.3 Å². The van der Waals surface area contributed by atoms with Gasteiger partial charge in [-0.2, -0.15) is 5.10 Å². The van der Waals surface area contributed by atoms with Crippen LogP contribution in [0.1, 0.15) is 24.0 Å². The van der Waals surface area contributed by atoms with Crippen LogP contribution in [0, 0.1) is 13.8 Å². The zero-order chi connectivity index (χ0) is 13.9. The van der Waals surface area contributed by atoms with E-state index in [1.165, 1.54) is 16.7 Å². The van der Waals surface area contributed by atoms with E-state index in [1.807, 2.05) is 0 Å². The first-order valence-electron chi connectivity index (χ1n) is 7.32. The molecular weight excluding hydrogens is 248 g/mol. The summed E-state index contributed by atoms with van der Waals surface area (Å²) < 4.78 is 0. The van der Waals surface area contributed by atoms with Crippen molar-refractivity contribution in [3.05, 3.63) is 35.4 Å². The highest BCUT2D eigenvalue weighted by Gasteiger charge is 2.14. The highest BCUT2D eigenvalue weighted by atomic mass is 15.2. The molecule has 0 radical (unpaired) electrons. The zero-order valence-electron chi connectivity index (χ0n) is 12.2. The number of anilines is 1. The smallest absolute Gasteiger partial charge is 0.148 e. The van der Waals surface area contributed by atoms with Gasteiger partial charge in [0.1, 0.15) is 5.82 Å². The van der Waals surface area contributed by atoms with Crippen LogP contribution < -0.4 is 10.6 Å². The molecule has 0 atom stereocenters. The average Bonchev–Trinajstić information content (AvgIpc) is 2.91. The summed E-state index contributed by atoms with van der Waals surface area (Å²) in [6.07, 6.45) is 2.32. The number of hydrogen-bond donors (Lipinski definition) is 3. The van der Waals surface area contributed by atoms with Gasteiger partial charge in [-0.25, -0.2) is 0 Å². The van der Waals surface area contributed by atoms with Crippen molar-refractivity contribution < 1.29 is 0 Å². The van der Waals surface area contributed by atoms with Gasteiger partial charge in [0.05, 0.1) is 5.69 Å². The zero-order valence-corrected chi connectivity index (χ0v) is 12.2. The van der Waals surface area contributed by atoms with E-state index in [0.29, 0.717) is 6.04 Å². The summed E-state index contributed by atoms with van der Waals surface area (Å²) in [6.45, 7) is 6.43. The van der Waals surface area contributed by atoms with Gasteiger partial charge in [-0.3, -0.25) is 5.10 Å². The number of rotatable bonds is 3. The molecule has 1 aromatic carbocycles. The third kappa shape index (κ3) is 2.85. The van der Waals surface area contributed by atoms with E-state index in [2.05, 4.69) is 58.9 Å². The Morgan fingerprint density at radius 2 is 1.95 bits per heavy atom. The fraction of sp³-hybridized carbons (Fsp3) is 0.438. The van der Waals surface area contributed by atoms with Gasteiger partial charge < -0.3 is 10.6 Å². The van der Waals surface area contributed by atoms with Gasteiger partial charge in [-0.15, -0.1) is 0 Å². The van der Waals surface area contributed by atoms with Crippen molar-refractivity contribution in [1.82, 2.24) is 15.5 Å². The fourth-order valence-corrected chi connectivity index (χ4v) is 2.74. The molecule has 0 amide bonds. The largest absolute Gasteiger partial charge is 0.366 e. The lowest BCUT2D eigenvalue weighted by Gasteiger charge is -2.23. The average molecular weight is 270 g/mol. The second kappa shape index (κ2) is 5.67. The van der Waals surface area contributed by atoms with E-state index in [4.69, 9.17) is 0 Å². The first-order valence-corrected chi connectivity index (χ1v) is 7.32. The van der Waals surface area contributed by atoms with Crippen molar-refractivity contribution in [2.45, 2.75) is 32.7 Å². The second-order valence-electron chi connectivity index (χ2n) is 5.65. The van der Waals surface area contributed by atoms with E-state index in [1.54, 1.807) is 0 Å². The summed E-state index contributed by atoms with van der Waals surface area (Å²) in [6, 6.07) is 9.15. The van der Waals surface area contributed by atoms with Crippen LogP contribution in [0.2, 0.25) is 0 Å². The number of piperidine rings is 1. The molecule has 2 heterocycles. The van der Waals surface area contributed by atoms with E-state index >= 15 is 0 Å². The van der Waals surface area contributed by atoms with Crippen molar-refractivity contribution in [2.24, 2.45) is 0 Å². The molecule has 1 fully saturated rings. The number of nitrogens with one attached hydrogen (secondary N) is 3. The Morgan fingerprint density at radius 1 is 1.15 bits per heavy atom. The molecule has 1 aliphatic rings. The third-order valence-corrected chi connectivity index (χ3v) is 3.95. The molecule has 0 bridgehead atoms. The lowest BCUT2D eigenvalue weighted by molar-refractivity contribution is 0.478. The van der Waals surface area contributed by atoms with Gasteiger partial charge >= 0.3 is 0 Å². The molecule has 0 aliphatic carbocycles. The van der Waals surface area contributed by atoms with Crippen LogP contribution >= 0.6 is 0 Å². The molecule has 4 nitrogen and oxygen atoms in total. The molecular formula is C16H22N4. The van der Waals surface area contributed by atoms with E-state index in [-0.39, 0.29) is 0 Å². The molecule has 2 aromatic rings. The predicted octanol–water partition coefficient (Wildman–Crippen LogP) is 2.86. The highest BCUT2D eigenvalue weighted by Crippen LogP contribution is 2.25. The van der Waals surface area contributed by atoms with E-state index < -0.39 is 0 Å². The van der Waals surface area contributed by atoms with Crippen LogP contribution in [0.4, 0.5) is 5.82 Å². The number of benzene rings is 1. The summed E-state index contributed by atoms with van der Waals surface area (Å²) in [7, 11) is 0. The van der Waals surface area contributed by atoms with Gasteiger partial charge in [-0.1, -0.05) is 17.7 Å². The van der Waals surface area contributed by atoms with Crippen LogP contribution in [-0.2, 0) is 0 Å². The Hall–Kier alpha value is -1.81. The molecule has 1 aliphatic heterocycles. The highest BCUT2D eigenvalue weighted by molar-refractivity contribution is 5.67. The van der Waals surface area contributed by atoms with Gasteiger partial charge in [0.2, 0.25) is 0 Å². The Balaban J connectivity index is 1.77. The lowest BCUT2D eigenvalue weighted by Crippen LogP contribution is -2.35. The quantitative estimate of drug-likeness (QED) is 0.804. The Bertz CT molecular complexity index is 582. The fourth-order valence-electron chi connectivity index (χ4n) is 2.74. The molecule has 4 heteroatoms. The Kier molecular flexibility index (Phi) is 3.74. The summed E-state index contributed by atoms with van der Waals surface area (Å²) >= 11 is 0. The number of hydrogen-bond acceptors (Lipinski definition) is 3. The van der Waals surface area contributed by atoms with E-state index in [0.717, 1.165) is 37.4 Å². The molecule has 0 saturated carbocycles. The molecule has 1 aromatic heterocycles. The number of aryl methyl sites for hydroxylation is 2. The Morgan fingerprint density at radius 3 is 2.75 bits per heavy atom. The summed E-state index contributed by atoms with van der Waals surface area (Å²) in [5, 5.41) is 14.5. The molecule has 3 N–H and O–H groups in total. The van der Waals surface area contributed by atoms with Crippen LogP contribution in [0.3, 0.4) is 0 Å². The predicted molar refractivity (Wildman–Crippen MR) is 83.0 cm³/mol. The van der Waals surface area contributed by atoms with Crippen molar-refractivity contribution in [3.8, 4) is 11.3 Å². The standard InChI is InChI=1S/C16H22N4/c1-11-3-4-12(2)14(9-11)15-10-16(20-19-15)18-13-5-7-17-8-6-13/h3-4,9-10,13,17H,5-8H2,1-2H3,(H2,18,19,20). The molecule has 0 spiro atoms. The van der Waals surface area contributed by atoms with Crippen molar-refractivity contribution in [2.75, 3.05) is 18.4 Å². The van der Waals surface area contributed by atoms with Crippen LogP contribution in [0.15, 0.2) is 24.3 Å². The first kappa shape index (κ1) is 13.2. The van der Waals surface area contributed by atoms with Gasteiger partial charge in [0.25, 0.3) is 0 Å². The maximum absolute atomic E-state index is 4.40. The first-order chi connectivity index (χ1) is 9.72. The maximum atomic E-state index is 4.40. The SMILES string of the molecule is Cc1ccc(C)c(-c2cc(NC3CCNCC3)n[nH]2)c1. The van der Waals surface area contributed by atoms with Crippen LogP contribution in [0.25, 0.3) is 11.3 Å². The monoisotopic (exact) mass is 270 g/mol. The topological polar surface area (TPSA) is 52.7 Å². The maximum Gasteiger partial charge on any atom is 0.148 e. The summed E-state index contributed by atoms with van der Waals surface area (Å²) in [4.78, 5) is 0. The van der Waals surface area contributed by atoms with E-state index in [9.17, 15) is 0 Å². The van der Waals surface area contributed by atoms with Crippen molar-refractivity contribution in [3.63, 3.8) is 0 Å². The minimum absolute atomic E-state index is 0.533. The number of H-pyrrole nitrogens is 1. The Labute approximate surface area is 120 Å². The minimum Gasteiger partial charge on any atom is -0.366 e. The third-order valence-electron chi connectivity index (χ3n) is 3.95. The summed E-state index contributed by atoms with van der Waals surface area (Å²) in [5.74, 6) is 0.952. The number of aromatic amines is 1. The second-order valence-corrected chi connectivity index (χ2v) is 5.65. The molecule has 0 unspecified atom stereocenters. The van der Waals surface area contributed by atoms with Gasteiger partial charge in [-0.05, 0) is 51.4 Å². The molecule has 106 valence electrons. The summed E-state index contributed by atoms with van der Waals surface area (Å²) in [5.41, 5.74) is 4.86. The van der Waals surface area contributed by atoms with Gasteiger partial charge in [0.15, 0.2) is 0 Å². The van der Waals surface area contributed by atoms with Crippen molar-refractivity contribution in [1.29, 1.82) is 0 Å². The minimum atomic E-state index is 0.533. The number of aromatic nitrogens is 2. The molecule has 1 saturated heterocycles. The lowest BCUT2D eigenvalue weighted by atomic mass is 10.0. The number of nitrogens with zero attached hydrogens (tertiary/aromatic N) is 1. The molecule has 3 rings (SSSR count).